The second-order valence-corrected chi connectivity index (χ2v) is 8.36. The number of hydrogen-bond donors (Lipinski definition) is 2. The maximum Gasteiger partial charge on any atom is 0.307 e. The molecule has 0 radical (unpaired) electrons. The topological polar surface area (TPSA) is 111 Å². The highest BCUT2D eigenvalue weighted by Crippen LogP contribution is 2.24. The first-order valence-corrected chi connectivity index (χ1v) is 11.6. The Bertz CT molecular complexity index is 1200. The van der Waals surface area contributed by atoms with E-state index in [-0.39, 0.29) is 11.8 Å². The lowest BCUT2D eigenvalue weighted by atomic mass is 10.2. The summed E-state index contributed by atoms with van der Waals surface area (Å²) in [5.41, 5.74) is 1.60. The van der Waals surface area contributed by atoms with Gasteiger partial charge in [-0.1, -0.05) is 55.9 Å². The van der Waals surface area contributed by atoms with Crippen molar-refractivity contribution in [1.29, 1.82) is 0 Å². The van der Waals surface area contributed by atoms with Crippen molar-refractivity contribution in [3.8, 4) is 11.3 Å². The lowest BCUT2D eigenvalue weighted by Crippen LogP contribution is -2.27. The maximum atomic E-state index is 12.4. The van der Waals surface area contributed by atoms with Gasteiger partial charge in [-0.2, -0.15) is 5.10 Å². The van der Waals surface area contributed by atoms with Gasteiger partial charge in [0.25, 0.3) is 5.89 Å². The molecule has 0 aliphatic carbocycles. The molecule has 0 bridgehead atoms. The van der Waals surface area contributed by atoms with Gasteiger partial charge in [-0.15, -0.1) is 0 Å². The fraction of sp³-hybridized carbons (Fsp3) is 0.318. The fourth-order valence-electron chi connectivity index (χ4n) is 3.09. The number of thioether (sulfide) groups is 1. The highest BCUT2D eigenvalue weighted by Gasteiger charge is 2.16. The molecule has 1 amide bonds. The summed E-state index contributed by atoms with van der Waals surface area (Å²) in [6.07, 6.45) is 5.25. The number of rotatable bonds is 9. The van der Waals surface area contributed by atoms with Crippen LogP contribution in [-0.4, -0.2) is 50.0 Å². The number of oxazole rings is 1. The third kappa shape index (κ3) is 4.91. The predicted octanol–water partition coefficient (Wildman–Crippen LogP) is 3.70. The first-order valence-electron chi connectivity index (χ1n) is 10.4. The Morgan fingerprint density at radius 2 is 2.00 bits per heavy atom. The van der Waals surface area contributed by atoms with Crippen molar-refractivity contribution in [2.75, 3.05) is 24.7 Å². The van der Waals surface area contributed by atoms with Crippen molar-refractivity contribution >= 4 is 34.5 Å². The van der Waals surface area contributed by atoms with Gasteiger partial charge in [0.05, 0.1) is 24.3 Å². The average molecular weight is 452 g/mol. The molecule has 0 fully saturated rings. The number of fused-ring (bicyclic) bond motifs is 1. The van der Waals surface area contributed by atoms with Gasteiger partial charge in [-0.3, -0.25) is 4.79 Å². The monoisotopic (exact) mass is 451 g/mol. The van der Waals surface area contributed by atoms with Crippen molar-refractivity contribution in [3.63, 3.8) is 0 Å². The molecule has 0 saturated carbocycles. The molecule has 3 aromatic heterocycles. The van der Waals surface area contributed by atoms with Crippen LogP contribution < -0.4 is 10.6 Å². The molecule has 0 aliphatic rings. The van der Waals surface area contributed by atoms with E-state index in [0.717, 1.165) is 29.0 Å². The summed E-state index contributed by atoms with van der Waals surface area (Å²) in [6.45, 7) is 5.90. The summed E-state index contributed by atoms with van der Waals surface area (Å²) in [7, 11) is 0. The van der Waals surface area contributed by atoms with E-state index in [9.17, 15) is 4.79 Å². The lowest BCUT2D eigenvalue weighted by Gasteiger charge is -2.10. The third-order valence-corrected chi connectivity index (χ3v) is 5.25. The van der Waals surface area contributed by atoms with Crippen molar-refractivity contribution in [2.45, 2.75) is 25.5 Å². The molecule has 9 nitrogen and oxygen atoms in total. The summed E-state index contributed by atoms with van der Waals surface area (Å²) in [6, 6.07) is 9.53. The maximum absolute atomic E-state index is 12.4. The van der Waals surface area contributed by atoms with E-state index in [0.29, 0.717) is 29.9 Å². The van der Waals surface area contributed by atoms with Crippen LogP contribution in [0.25, 0.3) is 22.4 Å². The first kappa shape index (κ1) is 21.8. The highest BCUT2D eigenvalue weighted by molar-refractivity contribution is 7.98. The van der Waals surface area contributed by atoms with Crippen molar-refractivity contribution < 1.29 is 9.21 Å². The van der Waals surface area contributed by atoms with Crippen LogP contribution in [-0.2, 0) is 6.54 Å². The summed E-state index contributed by atoms with van der Waals surface area (Å²) < 4.78 is 7.37. The number of benzene rings is 1. The molecule has 166 valence electrons. The van der Waals surface area contributed by atoms with Gasteiger partial charge in [0, 0.05) is 18.7 Å². The van der Waals surface area contributed by atoms with Crippen molar-refractivity contribution in [1.82, 2.24) is 30.0 Å². The van der Waals surface area contributed by atoms with E-state index in [1.54, 1.807) is 17.1 Å². The van der Waals surface area contributed by atoms with E-state index < -0.39 is 0 Å². The molecule has 0 atom stereocenters. The molecule has 32 heavy (non-hydrogen) atoms. The SMILES string of the molecule is CSc1nc(NCC(C)C)c2cnn(CCNC(=O)c3ncc(-c4ccccc4)o3)c2n1. The fourth-order valence-corrected chi connectivity index (χ4v) is 3.45. The Balaban J connectivity index is 1.42. The molecule has 0 saturated heterocycles. The summed E-state index contributed by atoms with van der Waals surface area (Å²) in [5, 5.41) is 12.2. The highest BCUT2D eigenvalue weighted by atomic mass is 32.2. The molecule has 4 rings (SSSR count). The molecule has 2 N–H and O–H groups in total. The first-order chi connectivity index (χ1) is 15.5. The van der Waals surface area contributed by atoms with Gasteiger partial charge in [0.2, 0.25) is 0 Å². The molecule has 1 aromatic carbocycles. The van der Waals surface area contributed by atoms with Gasteiger partial charge in [-0.05, 0) is 12.2 Å². The van der Waals surface area contributed by atoms with Gasteiger partial charge < -0.3 is 15.1 Å². The zero-order valence-electron chi connectivity index (χ0n) is 18.2. The van der Waals surface area contributed by atoms with E-state index in [1.807, 2.05) is 36.6 Å². The number of hydrogen-bond acceptors (Lipinski definition) is 8. The minimum absolute atomic E-state index is 0.0290. The molecular weight excluding hydrogens is 426 g/mol. The van der Waals surface area contributed by atoms with Gasteiger partial charge in [0.1, 0.15) is 5.82 Å². The summed E-state index contributed by atoms with van der Waals surface area (Å²) in [4.78, 5) is 25.7. The molecule has 0 unspecified atom stereocenters. The molecule has 10 heteroatoms. The van der Waals surface area contributed by atoms with Crippen LogP contribution in [0.2, 0.25) is 0 Å². The van der Waals surface area contributed by atoms with Crippen LogP contribution in [0.4, 0.5) is 5.82 Å². The van der Waals surface area contributed by atoms with Crippen LogP contribution in [0.15, 0.2) is 52.3 Å². The Kier molecular flexibility index (Phi) is 6.69. The van der Waals surface area contributed by atoms with Crippen molar-refractivity contribution in [3.05, 3.63) is 48.6 Å². The quantitative estimate of drug-likeness (QED) is 0.293. The zero-order valence-corrected chi connectivity index (χ0v) is 19.0. The van der Waals surface area contributed by atoms with E-state index in [4.69, 9.17) is 4.42 Å². The number of carbonyl (C=O) groups is 1. The third-order valence-electron chi connectivity index (χ3n) is 4.70. The number of nitrogens with one attached hydrogen (secondary N) is 2. The number of carbonyl (C=O) groups excluding carboxylic acids is 1. The summed E-state index contributed by atoms with van der Waals surface area (Å²) >= 11 is 1.48. The summed E-state index contributed by atoms with van der Waals surface area (Å²) in [5.74, 6) is 1.47. The van der Waals surface area contributed by atoms with Crippen LogP contribution in [0.1, 0.15) is 24.5 Å². The normalized spacial score (nSPS) is 11.2. The van der Waals surface area contributed by atoms with Gasteiger partial charge in [-0.25, -0.2) is 19.6 Å². The second kappa shape index (κ2) is 9.82. The van der Waals surface area contributed by atoms with E-state index >= 15 is 0 Å². The van der Waals surface area contributed by atoms with Crippen LogP contribution >= 0.6 is 11.8 Å². The van der Waals surface area contributed by atoms with Gasteiger partial charge >= 0.3 is 5.91 Å². The standard InChI is InChI=1S/C22H25N7O2S/c1-14(2)11-24-18-16-12-26-29(19(16)28-22(27-18)32-3)10-9-23-20(30)21-25-13-17(31-21)15-7-5-4-6-8-15/h4-8,12-14H,9-11H2,1-3H3,(H,23,30)(H,24,27,28). The van der Waals surface area contributed by atoms with E-state index in [2.05, 4.69) is 44.5 Å². The van der Waals surface area contributed by atoms with Gasteiger partial charge in [0.15, 0.2) is 16.6 Å². The number of nitrogens with zero attached hydrogens (tertiary/aromatic N) is 5. The molecule has 0 aliphatic heterocycles. The molecule has 0 spiro atoms. The largest absolute Gasteiger partial charge is 0.432 e. The number of amides is 1. The smallest absolute Gasteiger partial charge is 0.307 e. The Morgan fingerprint density at radius 3 is 2.75 bits per heavy atom. The Labute approximate surface area is 190 Å². The van der Waals surface area contributed by atoms with Crippen LogP contribution in [0, 0.1) is 5.92 Å². The Hall–Kier alpha value is -3.40. The Morgan fingerprint density at radius 1 is 1.19 bits per heavy atom. The van der Waals surface area contributed by atoms with Crippen LogP contribution in [0.3, 0.4) is 0 Å². The molecule has 4 aromatic rings. The predicted molar refractivity (Wildman–Crippen MR) is 125 cm³/mol. The van der Waals surface area contributed by atoms with E-state index in [1.165, 1.54) is 11.8 Å². The average Bonchev–Trinajstić information content (AvgIpc) is 3.46. The number of aromatic nitrogens is 5. The molecule has 3 heterocycles. The minimum atomic E-state index is -0.373. The van der Waals surface area contributed by atoms with Crippen molar-refractivity contribution in [2.24, 2.45) is 5.92 Å². The van der Waals surface area contributed by atoms with Crippen LogP contribution in [0.5, 0.6) is 0 Å². The zero-order chi connectivity index (χ0) is 22.5. The second-order valence-electron chi connectivity index (χ2n) is 7.59. The number of anilines is 1. The lowest BCUT2D eigenvalue weighted by molar-refractivity contribution is 0.0918. The minimum Gasteiger partial charge on any atom is -0.432 e. The molecular formula is C22H25N7O2S.